The van der Waals surface area contributed by atoms with Gasteiger partial charge in [-0.3, -0.25) is 14.2 Å². The van der Waals surface area contributed by atoms with Crippen molar-refractivity contribution >= 4 is 19.8 Å². The van der Waals surface area contributed by atoms with Gasteiger partial charge in [-0.05, 0) is 103 Å². The molecule has 0 aromatic rings. The van der Waals surface area contributed by atoms with Crippen LogP contribution in [-0.2, 0) is 32.7 Å². The summed E-state index contributed by atoms with van der Waals surface area (Å²) in [5.41, 5.74) is 0. The van der Waals surface area contributed by atoms with Crippen LogP contribution in [0.4, 0.5) is 0 Å². The number of ether oxygens (including phenoxy) is 2. The molecule has 0 rings (SSSR count). The summed E-state index contributed by atoms with van der Waals surface area (Å²) in [6.45, 7) is 4.13. The monoisotopic (exact) mass is 1220 g/mol. The average molecular weight is 1220 g/mol. The number of esters is 2. The van der Waals surface area contributed by atoms with E-state index in [2.05, 4.69) is 123 Å². The number of quaternary nitrogens is 1. The van der Waals surface area contributed by atoms with E-state index in [4.69, 9.17) is 18.5 Å². The number of hydrogen-bond acceptors (Lipinski definition) is 8. The Morgan fingerprint density at radius 1 is 0.372 bits per heavy atom. The Hall–Kier alpha value is -3.33. The number of likely N-dealkylation sites (N-methyl/N-ethyl adjacent to an activating group) is 1. The summed E-state index contributed by atoms with van der Waals surface area (Å²) in [7, 11) is 1.15. The second-order valence-corrected chi connectivity index (χ2v) is 26.3. The van der Waals surface area contributed by atoms with Crippen LogP contribution in [0.25, 0.3) is 0 Å². The lowest BCUT2D eigenvalue weighted by Gasteiger charge is -2.28. The van der Waals surface area contributed by atoms with Crippen molar-refractivity contribution in [2.45, 2.75) is 315 Å². The summed E-state index contributed by atoms with van der Waals surface area (Å²) in [6.07, 6.45) is 93.1. The molecular formula is C76H134NO8P. The molecule has 0 fully saturated rings. The van der Waals surface area contributed by atoms with Crippen molar-refractivity contribution in [3.8, 4) is 0 Å². The van der Waals surface area contributed by atoms with Crippen LogP contribution in [0.1, 0.15) is 309 Å². The molecule has 0 aromatic carbocycles. The molecule has 0 N–H and O–H groups in total. The maximum absolute atomic E-state index is 12.9. The van der Waals surface area contributed by atoms with Crippen LogP contribution >= 0.6 is 7.82 Å². The van der Waals surface area contributed by atoms with Gasteiger partial charge < -0.3 is 27.9 Å². The van der Waals surface area contributed by atoms with Crippen molar-refractivity contribution in [2.24, 2.45) is 0 Å². The van der Waals surface area contributed by atoms with Gasteiger partial charge in [0, 0.05) is 12.8 Å². The molecular weight excluding hydrogens is 1090 g/mol. The lowest BCUT2D eigenvalue weighted by Crippen LogP contribution is -2.37. The second-order valence-electron chi connectivity index (χ2n) is 24.9. The molecule has 0 spiro atoms. The molecule has 86 heavy (non-hydrogen) atoms. The van der Waals surface area contributed by atoms with E-state index in [0.717, 1.165) is 109 Å². The fraction of sp³-hybridized carbons (Fsp3) is 0.737. The first-order valence-electron chi connectivity index (χ1n) is 35.6. The van der Waals surface area contributed by atoms with Crippen molar-refractivity contribution in [1.82, 2.24) is 0 Å². The predicted molar refractivity (Wildman–Crippen MR) is 369 cm³/mol. The normalized spacial score (nSPS) is 13.8. The van der Waals surface area contributed by atoms with E-state index in [0.29, 0.717) is 17.4 Å². The SMILES string of the molecule is CC/C=C\C/C=C\C/C=C\C/C=C\C/C=C\C/C=C\C/C=C\C/C=C\CCCCCCCCC(=O)OC(COC(=O)CCCCCCCCCCCCCCCCCCCCC/C=C\CCCCCCCCCC)COP(=O)([O-])OCC[N+](C)(C)C. The number of phosphoric acid groups is 1. The molecule has 0 aliphatic rings. The second kappa shape index (κ2) is 66.1. The summed E-state index contributed by atoms with van der Waals surface area (Å²) in [6, 6.07) is 0. The third kappa shape index (κ3) is 69.8. The minimum Gasteiger partial charge on any atom is -0.756 e. The van der Waals surface area contributed by atoms with E-state index >= 15 is 0 Å². The quantitative estimate of drug-likeness (QED) is 0.0195. The fourth-order valence-corrected chi connectivity index (χ4v) is 10.6. The number of hydrogen-bond donors (Lipinski definition) is 0. The molecule has 9 nitrogen and oxygen atoms in total. The Bertz CT molecular complexity index is 1820. The van der Waals surface area contributed by atoms with Gasteiger partial charge in [0.1, 0.15) is 19.8 Å². The van der Waals surface area contributed by atoms with Gasteiger partial charge in [0.15, 0.2) is 6.10 Å². The molecule has 0 radical (unpaired) electrons. The highest BCUT2D eigenvalue weighted by molar-refractivity contribution is 7.45. The third-order valence-electron chi connectivity index (χ3n) is 15.3. The summed E-state index contributed by atoms with van der Waals surface area (Å²) >= 11 is 0. The summed E-state index contributed by atoms with van der Waals surface area (Å²) in [5, 5.41) is 0. The molecule has 0 amide bonds. The predicted octanol–water partition coefficient (Wildman–Crippen LogP) is 22.6. The van der Waals surface area contributed by atoms with Crippen molar-refractivity contribution in [3.05, 3.63) is 109 Å². The Morgan fingerprint density at radius 3 is 1.00 bits per heavy atom. The smallest absolute Gasteiger partial charge is 0.306 e. The van der Waals surface area contributed by atoms with Gasteiger partial charge in [0.05, 0.1) is 27.7 Å². The number of rotatable bonds is 65. The van der Waals surface area contributed by atoms with Crippen LogP contribution in [0.2, 0.25) is 0 Å². The lowest BCUT2D eigenvalue weighted by molar-refractivity contribution is -0.870. The molecule has 0 saturated carbocycles. The zero-order valence-corrected chi connectivity index (χ0v) is 57.4. The largest absolute Gasteiger partial charge is 0.756 e. The van der Waals surface area contributed by atoms with Gasteiger partial charge in [-0.2, -0.15) is 0 Å². The first-order chi connectivity index (χ1) is 42.0. The van der Waals surface area contributed by atoms with Gasteiger partial charge in [-0.15, -0.1) is 0 Å². The van der Waals surface area contributed by atoms with Gasteiger partial charge >= 0.3 is 11.9 Å². The van der Waals surface area contributed by atoms with Crippen molar-refractivity contribution in [3.63, 3.8) is 0 Å². The molecule has 0 aliphatic carbocycles. The highest BCUT2D eigenvalue weighted by Crippen LogP contribution is 2.38. The number of phosphoric ester groups is 1. The van der Waals surface area contributed by atoms with E-state index in [-0.39, 0.29) is 32.0 Å². The number of carbonyl (C=O) groups excluding carboxylic acids is 2. The summed E-state index contributed by atoms with van der Waals surface area (Å²) < 4.78 is 34.3. The average Bonchev–Trinajstić information content (AvgIpc) is 3.56. The molecule has 0 bridgehead atoms. The Balaban J connectivity index is 4.09. The van der Waals surface area contributed by atoms with Gasteiger partial charge in [0.25, 0.3) is 7.82 Å². The summed E-state index contributed by atoms with van der Waals surface area (Å²) in [5.74, 6) is -0.846. The molecule has 0 aliphatic heterocycles. The zero-order chi connectivity index (χ0) is 62.6. The van der Waals surface area contributed by atoms with Gasteiger partial charge in [-0.25, -0.2) is 0 Å². The van der Waals surface area contributed by atoms with Crippen molar-refractivity contribution in [2.75, 3.05) is 47.5 Å². The van der Waals surface area contributed by atoms with Crippen LogP contribution in [0, 0.1) is 0 Å². The molecule has 0 saturated heterocycles. The van der Waals surface area contributed by atoms with Crippen molar-refractivity contribution in [1.29, 1.82) is 0 Å². The van der Waals surface area contributed by atoms with Crippen LogP contribution in [-0.4, -0.2) is 70.0 Å². The topological polar surface area (TPSA) is 111 Å². The molecule has 496 valence electrons. The molecule has 2 unspecified atom stereocenters. The van der Waals surface area contributed by atoms with Gasteiger partial charge in [0.2, 0.25) is 0 Å². The Morgan fingerprint density at radius 2 is 0.663 bits per heavy atom. The number of nitrogens with zero attached hydrogens (tertiary/aromatic N) is 1. The van der Waals surface area contributed by atoms with E-state index < -0.39 is 26.5 Å². The first-order valence-corrected chi connectivity index (χ1v) is 37.1. The van der Waals surface area contributed by atoms with Crippen LogP contribution in [0.3, 0.4) is 0 Å². The highest BCUT2D eigenvalue weighted by atomic mass is 31.2. The zero-order valence-electron chi connectivity index (χ0n) is 56.5. The lowest BCUT2D eigenvalue weighted by atomic mass is 10.0. The minimum atomic E-state index is -4.65. The van der Waals surface area contributed by atoms with Gasteiger partial charge in [-0.1, -0.05) is 303 Å². The molecule has 0 aromatic heterocycles. The van der Waals surface area contributed by atoms with E-state index in [1.54, 1.807) is 0 Å². The van der Waals surface area contributed by atoms with Crippen molar-refractivity contribution < 1.29 is 42.1 Å². The van der Waals surface area contributed by atoms with E-state index in [1.807, 2.05) is 21.1 Å². The molecule has 0 heterocycles. The number of carbonyl (C=O) groups is 2. The molecule has 2 atom stereocenters. The standard InChI is InChI=1S/C76H134NO8P/c1-6-8-10-12-14-16-18-20-22-24-26-28-30-32-34-36-38-40-42-44-46-48-50-52-54-56-58-60-62-64-66-68-75(78)82-72-74(73-84-86(80,81)83-71-70-77(3,4)5)85-76(79)69-67-65-63-61-59-57-55-53-51-49-47-45-43-41-39-37-35-33-31-29-27-25-23-21-19-17-15-13-11-9-7-2/h9,11,15,17,21,23-24,26-27,29,33,35,39,41,45,47,51,53,74H,6-8,10,12-14,16,18-20,22,25,28,30-32,34,36-38,40,42-44,46,48-50,52,54-73H2,1-5H3/b11-9-,17-15-,23-21-,26-24-,29-27-,35-33-,41-39-,47-45-,53-51-. The van der Waals surface area contributed by atoms with Crippen LogP contribution < -0.4 is 4.89 Å². The number of unbranched alkanes of at least 4 members (excludes halogenated alkanes) is 33. The van der Waals surface area contributed by atoms with Crippen LogP contribution in [0.15, 0.2) is 109 Å². The maximum Gasteiger partial charge on any atom is 0.306 e. The first kappa shape index (κ1) is 82.7. The third-order valence-corrected chi connectivity index (χ3v) is 16.2. The Labute approximate surface area is 531 Å². The maximum atomic E-state index is 12.9. The highest BCUT2D eigenvalue weighted by Gasteiger charge is 2.22. The minimum absolute atomic E-state index is 0.0381. The molecule has 10 heteroatoms. The van der Waals surface area contributed by atoms with Crippen LogP contribution in [0.5, 0.6) is 0 Å². The summed E-state index contributed by atoms with van der Waals surface area (Å²) in [4.78, 5) is 38.1. The van der Waals surface area contributed by atoms with E-state index in [1.165, 1.54) is 167 Å². The van der Waals surface area contributed by atoms with E-state index in [9.17, 15) is 19.0 Å². The number of allylic oxidation sites excluding steroid dienone is 18. The Kier molecular flexibility index (Phi) is 63.5. The fourth-order valence-electron chi connectivity index (χ4n) is 9.85.